The fourth-order valence-electron chi connectivity index (χ4n) is 1.71. The summed E-state index contributed by atoms with van der Waals surface area (Å²) in [5.41, 5.74) is 1.35. The molecular weight excluding hydrogens is 300 g/mol. The standard InChI is InChI=1S/C15H10Cl2FNO/c16-7-12-13(17)2-1-3-15(12)20-9-11-6-10(8-19)4-5-14(11)18/h1-6H,7,9H2. The third-order valence-electron chi connectivity index (χ3n) is 2.77. The van der Waals surface area contributed by atoms with Gasteiger partial charge in [0.25, 0.3) is 0 Å². The first-order valence-electron chi connectivity index (χ1n) is 5.80. The molecule has 0 unspecified atom stereocenters. The van der Waals surface area contributed by atoms with Crippen LogP contribution in [0.15, 0.2) is 36.4 Å². The molecule has 0 aliphatic heterocycles. The van der Waals surface area contributed by atoms with Crippen molar-refractivity contribution in [2.24, 2.45) is 0 Å². The van der Waals surface area contributed by atoms with E-state index in [4.69, 9.17) is 33.2 Å². The Hall–Kier alpha value is -1.76. The van der Waals surface area contributed by atoms with Crippen LogP contribution in [0.4, 0.5) is 4.39 Å². The van der Waals surface area contributed by atoms with Gasteiger partial charge in [-0.05, 0) is 30.3 Å². The minimum atomic E-state index is -0.418. The molecule has 2 aromatic carbocycles. The summed E-state index contributed by atoms with van der Waals surface area (Å²) in [6.07, 6.45) is 0. The van der Waals surface area contributed by atoms with Crippen LogP contribution < -0.4 is 4.74 Å². The summed E-state index contributed by atoms with van der Waals surface area (Å²) < 4.78 is 19.2. The summed E-state index contributed by atoms with van der Waals surface area (Å²) in [7, 11) is 0. The summed E-state index contributed by atoms with van der Waals surface area (Å²) in [4.78, 5) is 0. The molecule has 0 saturated heterocycles. The van der Waals surface area contributed by atoms with Gasteiger partial charge in [0, 0.05) is 16.1 Å². The van der Waals surface area contributed by atoms with Gasteiger partial charge in [-0.25, -0.2) is 4.39 Å². The number of hydrogen-bond acceptors (Lipinski definition) is 2. The molecule has 2 nitrogen and oxygen atoms in total. The summed E-state index contributed by atoms with van der Waals surface area (Å²) in [5, 5.41) is 9.31. The Balaban J connectivity index is 2.21. The van der Waals surface area contributed by atoms with Crippen molar-refractivity contribution in [2.75, 3.05) is 0 Å². The highest BCUT2D eigenvalue weighted by molar-refractivity contribution is 6.32. The minimum Gasteiger partial charge on any atom is -0.488 e. The second kappa shape index (κ2) is 6.60. The van der Waals surface area contributed by atoms with Crippen molar-refractivity contribution >= 4 is 23.2 Å². The molecule has 102 valence electrons. The molecule has 0 radical (unpaired) electrons. The zero-order chi connectivity index (χ0) is 14.5. The van der Waals surface area contributed by atoms with Crippen molar-refractivity contribution in [3.05, 3.63) is 63.9 Å². The van der Waals surface area contributed by atoms with E-state index in [-0.39, 0.29) is 12.5 Å². The highest BCUT2D eigenvalue weighted by Crippen LogP contribution is 2.28. The lowest BCUT2D eigenvalue weighted by Crippen LogP contribution is -2.01. The van der Waals surface area contributed by atoms with Gasteiger partial charge in [0.1, 0.15) is 18.2 Å². The van der Waals surface area contributed by atoms with E-state index in [0.717, 1.165) is 0 Å². The van der Waals surface area contributed by atoms with Crippen molar-refractivity contribution in [3.63, 3.8) is 0 Å². The van der Waals surface area contributed by atoms with Crippen molar-refractivity contribution in [1.29, 1.82) is 5.26 Å². The fourth-order valence-corrected chi connectivity index (χ4v) is 2.29. The normalized spacial score (nSPS) is 10.1. The van der Waals surface area contributed by atoms with Crippen LogP contribution in [0.1, 0.15) is 16.7 Å². The molecule has 0 fully saturated rings. The third kappa shape index (κ3) is 3.22. The molecule has 0 bridgehead atoms. The molecule has 0 atom stereocenters. The molecule has 0 N–H and O–H groups in total. The van der Waals surface area contributed by atoms with E-state index in [1.165, 1.54) is 18.2 Å². The second-order valence-electron chi connectivity index (χ2n) is 4.06. The van der Waals surface area contributed by atoms with Crippen LogP contribution in [0.3, 0.4) is 0 Å². The second-order valence-corrected chi connectivity index (χ2v) is 4.73. The molecule has 20 heavy (non-hydrogen) atoms. The van der Waals surface area contributed by atoms with Crippen LogP contribution in [0.5, 0.6) is 5.75 Å². The number of alkyl halides is 1. The monoisotopic (exact) mass is 309 g/mol. The quantitative estimate of drug-likeness (QED) is 0.769. The lowest BCUT2D eigenvalue weighted by molar-refractivity contribution is 0.297. The predicted octanol–water partition coefficient (Wildman–Crippen LogP) is 4.67. The van der Waals surface area contributed by atoms with Gasteiger partial charge in [-0.1, -0.05) is 17.7 Å². The zero-order valence-electron chi connectivity index (χ0n) is 10.4. The summed E-state index contributed by atoms with van der Waals surface area (Å²) in [5.74, 6) is 0.295. The van der Waals surface area contributed by atoms with Gasteiger partial charge in [0.15, 0.2) is 0 Å². The van der Waals surface area contributed by atoms with Crippen molar-refractivity contribution in [2.45, 2.75) is 12.5 Å². The lowest BCUT2D eigenvalue weighted by Gasteiger charge is -2.11. The van der Waals surface area contributed by atoms with Crippen LogP contribution in [0.2, 0.25) is 5.02 Å². The zero-order valence-corrected chi connectivity index (χ0v) is 11.9. The van der Waals surface area contributed by atoms with Gasteiger partial charge in [0.2, 0.25) is 0 Å². The van der Waals surface area contributed by atoms with E-state index < -0.39 is 5.82 Å². The minimum absolute atomic E-state index is 0.00554. The van der Waals surface area contributed by atoms with Gasteiger partial charge in [-0.15, -0.1) is 11.6 Å². The maximum absolute atomic E-state index is 13.6. The first-order valence-corrected chi connectivity index (χ1v) is 6.71. The maximum Gasteiger partial charge on any atom is 0.129 e. The van der Waals surface area contributed by atoms with Crippen LogP contribution in [-0.2, 0) is 12.5 Å². The highest BCUT2D eigenvalue weighted by atomic mass is 35.5. The number of benzene rings is 2. The number of halogens is 3. The van der Waals surface area contributed by atoms with Crippen LogP contribution >= 0.6 is 23.2 Å². The summed E-state index contributed by atoms with van der Waals surface area (Å²) in [6.45, 7) is 0.00554. The van der Waals surface area contributed by atoms with E-state index in [1.807, 2.05) is 6.07 Å². The molecular formula is C15H10Cl2FNO. The molecule has 0 heterocycles. The van der Waals surface area contributed by atoms with Gasteiger partial charge < -0.3 is 4.74 Å². The first-order chi connectivity index (χ1) is 9.65. The average Bonchev–Trinajstić information content (AvgIpc) is 2.46. The smallest absolute Gasteiger partial charge is 0.129 e. The lowest BCUT2D eigenvalue weighted by atomic mass is 10.1. The first kappa shape index (κ1) is 14.6. The van der Waals surface area contributed by atoms with Gasteiger partial charge in [-0.3, -0.25) is 0 Å². The molecule has 2 rings (SSSR count). The topological polar surface area (TPSA) is 33.0 Å². The Bertz CT molecular complexity index is 665. The summed E-state index contributed by atoms with van der Waals surface area (Å²) in [6, 6.07) is 11.2. The van der Waals surface area contributed by atoms with E-state index in [1.54, 1.807) is 18.2 Å². The Kier molecular flexibility index (Phi) is 4.84. The molecule has 0 saturated carbocycles. The van der Waals surface area contributed by atoms with Gasteiger partial charge in [0.05, 0.1) is 17.5 Å². The number of nitriles is 1. The third-order valence-corrected chi connectivity index (χ3v) is 3.39. The number of nitrogens with zero attached hydrogens (tertiary/aromatic N) is 1. The van der Waals surface area contributed by atoms with E-state index in [2.05, 4.69) is 0 Å². The molecule has 0 aromatic heterocycles. The van der Waals surface area contributed by atoms with Crippen molar-refractivity contribution in [1.82, 2.24) is 0 Å². The van der Waals surface area contributed by atoms with E-state index in [0.29, 0.717) is 27.5 Å². The molecule has 5 heteroatoms. The Morgan fingerprint density at radius 2 is 2.05 bits per heavy atom. The van der Waals surface area contributed by atoms with Crippen LogP contribution in [-0.4, -0.2) is 0 Å². The van der Waals surface area contributed by atoms with E-state index in [9.17, 15) is 4.39 Å². The Morgan fingerprint density at radius 3 is 2.75 bits per heavy atom. The molecule has 0 spiro atoms. The SMILES string of the molecule is N#Cc1ccc(F)c(COc2cccc(Cl)c2CCl)c1. The van der Waals surface area contributed by atoms with E-state index >= 15 is 0 Å². The highest BCUT2D eigenvalue weighted by Gasteiger charge is 2.09. The van der Waals surface area contributed by atoms with Crippen LogP contribution in [0, 0.1) is 17.1 Å². The average molecular weight is 310 g/mol. The van der Waals surface area contributed by atoms with Gasteiger partial charge >= 0.3 is 0 Å². The molecule has 0 amide bonds. The maximum atomic E-state index is 13.6. The largest absolute Gasteiger partial charge is 0.488 e. The number of hydrogen-bond donors (Lipinski definition) is 0. The Labute approximate surface area is 126 Å². The van der Waals surface area contributed by atoms with Crippen molar-refractivity contribution in [3.8, 4) is 11.8 Å². The number of rotatable bonds is 4. The van der Waals surface area contributed by atoms with Gasteiger partial charge in [-0.2, -0.15) is 5.26 Å². The molecule has 2 aromatic rings. The van der Waals surface area contributed by atoms with Crippen LogP contribution in [0.25, 0.3) is 0 Å². The summed E-state index contributed by atoms with van der Waals surface area (Å²) >= 11 is 11.8. The molecule has 0 aliphatic carbocycles. The molecule has 0 aliphatic rings. The fraction of sp³-hybridized carbons (Fsp3) is 0.133. The Morgan fingerprint density at radius 1 is 1.25 bits per heavy atom. The van der Waals surface area contributed by atoms with Crippen molar-refractivity contribution < 1.29 is 9.13 Å². The predicted molar refractivity (Wildman–Crippen MR) is 76.5 cm³/mol. The number of ether oxygens (including phenoxy) is 1.